The van der Waals surface area contributed by atoms with Gasteiger partial charge in [-0.05, 0) is 5.92 Å². The van der Waals surface area contributed by atoms with Gasteiger partial charge in [0.05, 0.1) is 5.75 Å². The number of hydrogen-bond acceptors (Lipinski definition) is 5. The fraction of sp³-hybridized carbons (Fsp3) is 0.700. The Kier molecular flexibility index (Phi) is 8.14. The Morgan fingerprint density at radius 1 is 1.33 bits per heavy atom. The maximum absolute atomic E-state index is 11.3. The van der Waals surface area contributed by atoms with Crippen LogP contribution in [0.1, 0.15) is 13.8 Å². The van der Waals surface area contributed by atoms with Gasteiger partial charge in [-0.3, -0.25) is 14.9 Å². The van der Waals surface area contributed by atoms with Crippen LogP contribution in [0.2, 0.25) is 0 Å². The van der Waals surface area contributed by atoms with E-state index in [2.05, 4.69) is 10.6 Å². The molecule has 0 spiro atoms. The Balaban J connectivity index is 3.71. The SMILES string of the molecule is CC(C)CNC(=O)NC(=O)CSCC(N)C(=O)O. The average molecular weight is 277 g/mol. The number of nitrogens with one attached hydrogen (secondary N) is 2. The number of carboxylic acids is 1. The summed E-state index contributed by atoms with van der Waals surface area (Å²) in [5.41, 5.74) is 5.25. The minimum absolute atomic E-state index is 0.00389. The van der Waals surface area contributed by atoms with Gasteiger partial charge in [-0.25, -0.2) is 4.79 Å². The molecular formula is C10H19N3O4S. The van der Waals surface area contributed by atoms with Crippen molar-refractivity contribution in [2.45, 2.75) is 19.9 Å². The zero-order valence-electron chi connectivity index (χ0n) is 10.4. The second kappa shape index (κ2) is 8.76. The standard InChI is InChI=1S/C10H19N3O4S/c1-6(2)3-12-10(17)13-8(14)5-18-4-7(11)9(15)16/h6-7H,3-5,11H2,1-2H3,(H,15,16)(H2,12,13,14,17). The van der Waals surface area contributed by atoms with Crippen molar-refractivity contribution in [3.8, 4) is 0 Å². The van der Waals surface area contributed by atoms with Crippen molar-refractivity contribution in [2.75, 3.05) is 18.1 Å². The number of carbonyl (C=O) groups excluding carboxylic acids is 2. The van der Waals surface area contributed by atoms with Gasteiger partial charge in [0.25, 0.3) is 0 Å². The number of thioether (sulfide) groups is 1. The van der Waals surface area contributed by atoms with E-state index in [9.17, 15) is 14.4 Å². The van der Waals surface area contributed by atoms with Crippen molar-refractivity contribution in [3.63, 3.8) is 0 Å². The minimum Gasteiger partial charge on any atom is -0.480 e. The Morgan fingerprint density at radius 2 is 1.94 bits per heavy atom. The molecule has 0 fully saturated rings. The Labute approximate surface area is 110 Å². The molecule has 0 aromatic heterocycles. The number of aliphatic carboxylic acids is 1. The summed E-state index contributed by atoms with van der Waals surface area (Å²) in [7, 11) is 0. The topological polar surface area (TPSA) is 122 Å². The lowest BCUT2D eigenvalue weighted by molar-refractivity contribution is -0.138. The molecule has 0 aliphatic carbocycles. The van der Waals surface area contributed by atoms with Crippen LogP contribution in [-0.4, -0.2) is 47.1 Å². The number of rotatable bonds is 7. The molecule has 3 amide bonds. The van der Waals surface area contributed by atoms with E-state index in [1.54, 1.807) is 0 Å². The highest BCUT2D eigenvalue weighted by Crippen LogP contribution is 2.01. The molecule has 0 aromatic carbocycles. The molecule has 7 nitrogen and oxygen atoms in total. The van der Waals surface area contributed by atoms with E-state index in [4.69, 9.17) is 10.8 Å². The fourth-order valence-electron chi connectivity index (χ4n) is 0.854. The van der Waals surface area contributed by atoms with Crippen LogP contribution in [0.15, 0.2) is 0 Å². The van der Waals surface area contributed by atoms with E-state index < -0.39 is 23.9 Å². The molecule has 18 heavy (non-hydrogen) atoms. The highest BCUT2D eigenvalue weighted by molar-refractivity contribution is 8.00. The van der Waals surface area contributed by atoms with Gasteiger partial charge in [0.2, 0.25) is 5.91 Å². The monoisotopic (exact) mass is 277 g/mol. The first-order valence-electron chi connectivity index (χ1n) is 5.46. The zero-order chi connectivity index (χ0) is 14.1. The molecule has 0 aliphatic heterocycles. The smallest absolute Gasteiger partial charge is 0.321 e. The largest absolute Gasteiger partial charge is 0.480 e. The molecule has 5 N–H and O–H groups in total. The lowest BCUT2D eigenvalue weighted by atomic mass is 10.2. The summed E-state index contributed by atoms with van der Waals surface area (Å²) in [6, 6.07) is -1.55. The van der Waals surface area contributed by atoms with Crippen LogP contribution in [0, 0.1) is 5.92 Å². The van der Waals surface area contributed by atoms with E-state index in [-0.39, 0.29) is 11.5 Å². The lowest BCUT2D eigenvalue weighted by Crippen LogP contribution is -2.42. The molecule has 104 valence electrons. The second-order valence-electron chi connectivity index (χ2n) is 4.11. The van der Waals surface area contributed by atoms with Gasteiger partial charge in [-0.15, -0.1) is 11.8 Å². The van der Waals surface area contributed by atoms with E-state index in [1.807, 2.05) is 13.8 Å². The van der Waals surface area contributed by atoms with Gasteiger partial charge in [0.1, 0.15) is 6.04 Å². The molecule has 0 aromatic rings. The molecule has 0 heterocycles. The van der Waals surface area contributed by atoms with Gasteiger partial charge in [-0.1, -0.05) is 13.8 Å². The normalized spacial score (nSPS) is 12.0. The number of hydrogen-bond donors (Lipinski definition) is 4. The molecule has 1 atom stereocenters. The van der Waals surface area contributed by atoms with Crippen molar-refractivity contribution in [3.05, 3.63) is 0 Å². The van der Waals surface area contributed by atoms with Crippen LogP contribution in [0.3, 0.4) is 0 Å². The van der Waals surface area contributed by atoms with Crippen molar-refractivity contribution in [1.82, 2.24) is 10.6 Å². The average Bonchev–Trinajstić information content (AvgIpc) is 2.25. The molecule has 0 rings (SSSR count). The van der Waals surface area contributed by atoms with Gasteiger partial charge >= 0.3 is 12.0 Å². The quantitative estimate of drug-likeness (QED) is 0.503. The summed E-state index contributed by atoms with van der Waals surface area (Å²) in [6.07, 6.45) is 0. The van der Waals surface area contributed by atoms with Gasteiger partial charge in [0, 0.05) is 12.3 Å². The molecule has 0 radical (unpaired) electrons. The number of nitrogens with two attached hydrogens (primary N) is 1. The Hall–Kier alpha value is -1.28. The van der Waals surface area contributed by atoms with Crippen LogP contribution < -0.4 is 16.4 Å². The number of urea groups is 1. The molecule has 0 bridgehead atoms. The van der Waals surface area contributed by atoms with Crippen molar-refractivity contribution < 1.29 is 19.5 Å². The maximum atomic E-state index is 11.3. The predicted molar refractivity (Wildman–Crippen MR) is 69.3 cm³/mol. The molecule has 1 unspecified atom stereocenters. The van der Waals surface area contributed by atoms with Gasteiger partial charge < -0.3 is 16.2 Å². The van der Waals surface area contributed by atoms with E-state index >= 15 is 0 Å². The summed E-state index contributed by atoms with van der Waals surface area (Å²) in [4.78, 5) is 32.9. The number of imide groups is 1. The third-order valence-electron chi connectivity index (χ3n) is 1.77. The maximum Gasteiger partial charge on any atom is 0.321 e. The van der Waals surface area contributed by atoms with E-state index in [0.717, 1.165) is 11.8 Å². The van der Waals surface area contributed by atoms with Crippen molar-refractivity contribution >= 4 is 29.7 Å². The predicted octanol–water partition coefficient (Wildman–Crippen LogP) is -0.387. The molecule has 8 heteroatoms. The number of carbonyl (C=O) groups is 3. The Bertz CT molecular complexity index is 309. The number of amides is 3. The molecule has 0 saturated carbocycles. The highest BCUT2D eigenvalue weighted by Gasteiger charge is 2.13. The number of carboxylic acid groups (broad SMARTS) is 1. The molecular weight excluding hydrogens is 258 g/mol. The molecule has 0 saturated heterocycles. The molecule has 0 aliphatic rings. The van der Waals surface area contributed by atoms with E-state index in [1.165, 1.54) is 0 Å². The summed E-state index contributed by atoms with van der Waals surface area (Å²) < 4.78 is 0. The van der Waals surface area contributed by atoms with Crippen LogP contribution in [0.4, 0.5) is 4.79 Å². The summed E-state index contributed by atoms with van der Waals surface area (Å²) in [5.74, 6) is -1.17. The van der Waals surface area contributed by atoms with Crippen LogP contribution >= 0.6 is 11.8 Å². The van der Waals surface area contributed by atoms with Gasteiger partial charge in [0.15, 0.2) is 0 Å². The van der Waals surface area contributed by atoms with Crippen LogP contribution in [0.5, 0.6) is 0 Å². The van der Waals surface area contributed by atoms with Crippen molar-refractivity contribution in [1.29, 1.82) is 0 Å². The summed E-state index contributed by atoms with van der Waals surface area (Å²) in [5, 5.41) is 13.2. The third kappa shape index (κ3) is 8.82. The zero-order valence-corrected chi connectivity index (χ0v) is 11.3. The van der Waals surface area contributed by atoms with Gasteiger partial charge in [-0.2, -0.15) is 0 Å². The first-order chi connectivity index (χ1) is 8.32. The van der Waals surface area contributed by atoms with Crippen LogP contribution in [0.25, 0.3) is 0 Å². The second-order valence-corrected chi connectivity index (χ2v) is 5.14. The fourth-order valence-corrected chi connectivity index (χ4v) is 1.63. The highest BCUT2D eigenvalue weighted by atomic mass is 32.2. The van der Waals surface area contributed by atoms with Crippen molar-refractivity contribution in [2.24, 2.45) is 11.7 Å². The lowest BCUT2D eigenvalue weighted by Gasteiger charge is -2.09. The first-order valence-corrected chi connectivity index (χ1v) is 6.62. The Morgan fingerprint density at radius 3 is 2.44 bits per heavy atom. The van der Waals surface area contributed by atoms with Crippen LogP contribution in [-0.2, 0) is 9.59 Å². The summed E-state index contributed by atoms with van der Waals surface area (Å²) in [6.45, 7) is 4.35. The minimum atomic E-state index is -1.11. The third-order valence-corrected chi connectivity index (χ3v) is 2.83. The van der Waals surface area contributed by atoms with E-state index in [0.29, 0.717) is 12.5 Å². The summed E-state index contributed by atoms with van der Waals surface area (Å²) >= 11 is 1.07. The first kappa shape index (κ1) is 16.7.